The number of nitrogens with two attached hydrogens (primary N) is 1. The molecule has 0 aromatic carbocycles. The number of rotatable bonds is 13. The number of carbonyl (C=O) groups excluding carboxylic acids is 1. The summed E-state index contributed by atoms with van der Waals surface area (Å²) in [5.41, 5.74) is 5.52. The van der Waals surface area contributed by atoms with Gasteiger partial charge in [0, 0.05) is 12.6 Å². The Bertz CT molecular complexity index is 370. The Morgan fingerprint density at radius 3 is 2.40 bits per heavy atom. The van der Waals surface area contributed by atoms with Crippen molar-refractivity contribution in [2.75, 3.05) is 26.3 Å². The molecule has 0 saturated heterocycles. The Morgan fingerprint density at radius 1 is 1.24 bits per heavy atom. The molecule has 0 amide bonds. The first-order valence-electron chi connectivity index (χ1n) is 9.26. The maximum absolute atomic E-state index is 11.6. The molecule has 0 aliphatic carbocycles. The molecule has 0 aromatic heterocycles. The molecule has 2 unspecified atom stereocenters. The second-order valence-electron chi connectivity index (χ2n) is 5.23. The summed E-state index contributed by atoms with van der Waals surface area (Å²) in [6.07, 6.45) is 6.75. The Morgan fingerprint density at radius 2 is 1.88 bits per heavy atom. The van der Waals surface area contributed by atoms with Crippen LogP contribution in [0.25, 0.3) is 0 Å². The topological polar surface area (TPSA) is 93.8 Å². The lowest BCUT2D eigenvalue weighted by atomic mass is 10.1. The fourth-order valence-electron chi connectivity index (χ4n) is 1.92. The van der Waals surface area contributed by atoms with Crippen molar-refractivity contribution in [1.29, 1.82) is 0 Å². The molecule has 6 heteroatoms. The van der Waals surface area contributed by atoms with Gasteiger partial charge in [-0.1, -0.05) is 26.8 Å². The van der Waals surface area contributed by atoms with Crippen LogP contribution in [0.15, 0.2) is 24.0 Å². The van der Waals surface area contributed by atoms with E-state index in [2.05, 4.69) is 12.2 Å². The summed E-state index contributed by atoms with van der Waals surface area (Å²) >= 11 is 0. The van der Waals surface area contributed by atoms with E-state index >= 15 is 0 Å². The van der Waals surface area contributed by atoms with E-state index < -0.39 is 6.10 Å². The van der Waals surface area contributed by atoms with Crippen molar-refractivity contribution in [2.45, 2.75) is 66.0 Å². The Balaban J connectivity index is 0. The van der Waals surface area contributed by atoms with E-state index in [0.717, 1.165) is 12.8 Å². The van der Waals surface area contributed by atoms with Crippen LogP contribution in [0, 0.1) is 0 Å². The second kappa shape index (κ2) is 19.0. The number of hydrogen-bond donors (Lipinski definition) is 3. The fourth-order valence-corrected chi connectivity index (χ4v) is 1.92. The SMILES string of the molecule is C/C=C\C(=C/C)OCC(O)COC(=O)CCNC(CC)CCN.CC. The number of aliphatic hydroxyl groups is 1. The average Bonchev–Trinajstić information content (AvgIpc) is 2.64. The van der Waals surface area contributed by atoms with Gasteiger partial charge in [0.25, 0.3) is 0 Å². The molecule has 0 aliphatic rings. The van der Waals surface area contributed by atoms with Gasteiger partial charge < -0.3 is 25.6 Å². The van der Waals surface area contributed by atoms with Gasteiger partial charge in [-0.3, -0.25) is 4.79 Å². The number of hydrogen-bond acceptors (Lipinski definition) is 6. The zero-order valence-corrected chi connectivity index (χ0v) is 16.6. The van der Waals surface area contributed by atoms with Gasteiger partial charge >= 0.3 is 5.97 Å². The minimum absolute atomic E-state index is 0.0638. The van der Waals surface area contributed by atoms with Crippen LogP contribution in [-0.2, 0) is 14.3 Å². The van der Waals surface area contributed by atoms with Crippen LogP contribution in [0.1, 0.15) is 53.9 Å². The number of allylic oxidation sites excluding steroid dienone is 3. The van der Waals surface area contributed by atoms with E-state index in [0.29, 0.717) is 24.9 Å². The summed E-state index contributed by atoms with van der Waals surface area (Å²) in [5, 5.41) is 13.0. The first-order valence-corrected chi connectivity index (χ1v) is 9.26. The number of carbonyl (C=O) groups is 1. The van der Waals surface area contributed by atoms with Crippen molar-refractivity contribution in [3.63, 3.8) is 0 Å². The number of ether oxygens (including phenoxy) is 2. The van der Waals surface area contributed by atoms with Crippen LogP contribution in [-0.4, -0.2) is 49.5 Å². The molecule has 0 fully saturated rings. The third-order valence-corrected chi connectivity index (χ3v) is 3.26. The Hall–Kier alpha value is -1.37. The molecule has 0 radical (unpaired) electrons. The summed E-state index contributed by atoms with van der Waals surface area (Å²) in [6, 6.07) is 0.331. The molecule has 0 aromatic rings. The molecule has 0 aliphatic heterocycles. The first kappa shape index (κ1) is 25.9. The second-order valence-corrected chi connectivity index (χ2v) is 5.23. The molecule has 148 valence electrons. The molecule has 25 heavy (non-hydrogen) atoms. The lowest BCUT2D eigenvalue weighted by Gasteiger charge is -2.16. The third kappa shape index (κ3) is 15.9. The zero-order chi connectivity index (χ0) is 19.5. The quantitative estimate of drug-likeness (QED) is 0.266. The van der Waals surface area contributed by atoms with Gasteiger partial charge in [-0.05, 0) is 45.4 Å². The molecule has 0 saturated carbocycles. The van der Waals surface area contributed by atoms with Gasteiger partial charge in [-0.15, -0.1) is 0 Å². The van der Waals surface area contributed by atoms with Crippen molar-refractivity contribution in [3.05, 3.63) is 24.0 Å². The molecular formula is C19H38N2O4. The lowest BCUT2D eigenvalue weighted by molar-refractivity contribution is -0.147. The standard InChI is InChI=1S/C17H32N2O4.C2H6/c1-4-7-16(6-3)22-12-15(20)13-23-17(21)9-11-19-14(5-2)8-10-18;1-2/h4,6-7,14-15,19-20H,5,8-13,18H2,1-3H3;1-2H3/b7-4-,16-6+;. The molecule has 6 nitrogen and oxygen atoms in total. The highest BCUT2D eigenvalue weighted by Crippen LogP contribution is 2.02. The highest BCUT2D eigenvalue weighted by molar-refractivity contribution is 5.69. The summed E-state index contributed by atoms with van der Waals surface area (Å²) in [7, 11) is 0. The molecule has 0 heterocycles. The minimum Gasteiger partial charge on any atom is -0.491 e. The van der Waals surface area contributed by atoms with Crippen LogP contribution in [0.3, 0.4) is 0 Å². The van der Waals surface area contributed by atoms with E-state index in [4.69, 9.17) is 15.2 Å². The highest BCUT2D eigenvalue weighted by Gasteiger charge is 2.11. The van der Waals surface area contributed by atoms with Crippen LogP contribution < -0.4 is 11.1 Å². The summed E-state index contributed by atoms with van der Waals surface area (Å²) < 4.78 is 10.4. The van der Waals surface area contributed by atoms with E-state index in [-0.39, 0.29) is 25.6 Å². The van der Waals surface area contributed by atoms with Crippen LogP contribution in [0.4, 0.5) is 0 Å². The smallest absolute Gasteiger partial charge is 0.307 e. The van der Waals surface area contributed by atoms with Crippen LogP contribution in [0.5, 0.6) is 0 Å². The normalized spacial score (nSPS) is 13.8. The van der Waals surface area contributed by atoms with Gasteiger partial charge in [0.15, 0.2) is 0 Å². The van der Waals surface area contributed by atoms with E-state index in [9.17, 15) is 9.90 Å². The largest absolute Gasteiger partial charge is 0.491 e. The van der Waals surface area contributed by atoms with Crippen LogP contribution in [0.2, 0.25) is 0 Å². The van der Waals surface area contributed by atoms with Crippen molar-refractivity contribution in [3.8, 4) is 0 Å². The minimum atomic E-state index is -0.840. The average molecular weight is 359 g/mol. The fraction of sp³-hybridized carbons (Fsp3) is 0.737. The van der Waals surface area contributed by atoms with Gasteiger partial charge in [0.2, 0.25) is 0 Å². The molecule has 4 N–H and O–H groups in total. The summed E-state index contributed by atoms with van der Waals surface area (Å²) in [6.45, 7) is 11.0. The van der Waals surface area contributed by atoms with E-state index in [1.165, 1.54) is 0 Å². The highest BCUT2D eigenvalue weighted by atomic mass is 16.5. The molecule has 0 bridgehead atoms. The predicted molar refractivity (Wildman–Crippen MR) is 103 cm³/mol. The lowest BCUT2D eigenvalue weighted by Crippen LogP contribution is -2.33. The van der Waals surface area contributed by atoms with Crippen molar-refractivity contribution < 1.29 is 19.4 Å². The zero-order valence-electron chi connectivity index (χ0n) is 16.6. The summed E-state index contributed by atoms with van der Waals surface area (Å²) in [5.74, 6) is 0.339. The summed E-state index contributed by atoms with van der Waals surface area (Å²) in [4.78, 5) is 11.6. The molecular weight excluding hydrogens is 320 g/mol. The van der Waals surface area contributed by atoms with Crippen molar-refractivity contribution in [2.24, 2.45) is 5.73 Å². The van der Waals surface area contributed by atoms with Crippen molar-refractivity contribution in [1.82, 2.24) is 5.32 Å². The molecule has 0 rings (SSSR count). The predicted octanol–water partition coefficient (Wildman–Crippen LogP) is 2.52. The van der Waals surface area contributed by atoms with Crippen molar-refractivity contribution >= 4 is 5.97 Å². The van der Waals surface area contributed by atoms with E-state index in [1.54, 1.807) is 12.2 Å². The van der Waals surface area contributed by atoms with Crippen LogP contribution >= 0.6 is 0 Å². The number of nitrogens with one attached hydrogen (secondary N) is 1. The van der Waals surface area contributed by atoms with Gasteiger partial charge in [0.1, 0.15) is 25.1 Å². The molecule has 2 atom stereocenters. The van der Waals surface area contributed by atoms with Gasteiger partial charge in [-0.2, -0.15) is 0 Å². The number of esters is 1. The maximum Gasteiger partial charge on any atom is 0.307 e. The Kier molecular flexibility index (Phi) is 19.6. The maximum atomic E-state index is 11.6. The third-order valence-electron chi connectivity index (χ3n) is 3.26. The van der Waals surface area contributed by atoms with E-state index in [1.807, 2.05) is 33.8 Å². The Labute approximate surface area is 153 Å². The number of aliphatic hydroxyl groups excluding tert-OH is 1. The van der Waals surface area contributed by atoms with Gasteiger partial charge in [0.05, 0.1) is 6.42 Å². The first-order chi connectivity index (χ1) is 12.1. The monoisotopic (exact) mass is 358 g/mol. The molecule has 0 spiro atoms. The van der Waals surface area contributed by atoms with Gasteiger partial charge in [-0.25, -0.2) is 0 Å².